The quantitative estimate of drug-likeness (QED) is 0.583. The van der Waals surface area contributed by atoms with Crippen molar-refractivity contribution in [2.24, 2.45) is 0 Å². The van der Waals surface area contributed by atoms with Gasteiger partial charge in [-0.15, -0.1) is 0 Å². The monoisotopic (exact) mass is 150 g/mol. The predicted octanol–water partition coefficient (Wildman–Crippen LogP) is 0.726. The smallest absolute Gasteiger partial charge is 0.0865 e. The van der Waals surface area contributed by atoms with Crippen LogP contribution in [0.15, 0.2) is 12.4 Å². The summed E-state index contributed by atoms with van der Waals surface area (Å²) >= 11 is 0. The largest absolute Gasteiger partial charge is 0.373 e. The second-order valence-electron chi connectivity index (χ2n) is 2.75. The molecule has 58 valence electrons. The van der Waals surface area contributed by atoms with Crippen molar-refractivity contribution in [2.45, 2.75) is 19.4 Å². The SMILES string of the molecule is Cc1nccnc1CC1CO1. The lowest BCUT2D eigenvalue weighted by molar-refractivity contribution is 0.405. The molecule has 1 aliphatic rings. The number of aryl methyl sites for hydroxylation is 1. The zero-order valence-electron chi connectivity index (χ0n) is 6.45. The molecule has 0 aromatic carbocycles. The summed E-state index contributed by atoms with van der Waals surface area (Å²) in [6.07, 6.45) is 4.77. The van der Waals surface area contributed by atoms with Crippen LogP contribution in [0.1, 0.15) is 11.4 Å². The van der Waals surface area contributed by atoms with Gasteiger partial charge in [0.15, 0.2) is 0 Å². The highest BCUT2D eigenvalue weighted by atomic mass is 16.6. The highest BCUT2D eigenvalue weighted by Gasteiger charge is 2.23. The van der Waals surface area contributed by atoms with Crippen LogP contribution in [-0.2, 0) is 11.2 Å². The molecule has 0 spiro atoms. The van der Waals surface area contributed by atoms with Gasteiger partial charge < -0.3 is 4.74 Å². The first kappa shape index (κ1) is 6.73. The third-order valence-electron chi connectivity index (χ3n) is 1.81. The van der Waals surface area contributed by atoms with E-state index in [4.69, 9.17) is 4.74 Å². The van der Waals surface area contributed by atoms with E-state index in [-0.39, 0.29) is 0 Å². The Morgan fingerprint density at radius 1 is 1.55 bits per heavy atom. The topological polar surface area (TPSA) is 38.3 Å². The van der Waals surface area contributed by atoms with E-state index in [1.807, 2.05) is 6.92 Å². The van der Waals surface area contributed by atoms with E-state index in [1.165, 1.54) is 0 Å². The van der Waals surface area contributed by atoms with Crippen molar-refractivity contribution in [3.63, 3.8) is 0 Å². The molecule has 1 saturated heterocycles. The second-order valence-corrected chi connectivity index (χ2v) is 2.75. The molecule has 1 unspecified atom stereocenters. The van der Waals surface area contributed by atoms with Crippen LogP contribution < -0.4 is 0 Å². The van der Waals surface area contributed by atoms with E-state index >= 15 is 0 Å². The Morgan fingerprint density at radius 2 is 2.27 bits per heavy atom. The van der Waals surface area contributed by atoms with Crippen LogP contribution in [0.4, 0.5) is 0 Å². The molecule has 1 fully saturated rings. The third-order valence-corrected chi connectivity index (χ3v) is 1.81. The molecule has 0 saturated carbocycles. The summed E-state index contributed by atoms with van der Waals surface area (Å²) < 4.78 is 5.10. The average Bonchev–Trinajstić information content (AvgIpc) is 2.78. The molecule has 2 rings (SSSR count). The number of nitrogens with zero attached hydrogens (tertiary/aromatic N) is 2. The summed E-state index contributed by atoms with van der Waals surface area (Å²) in [5, 5.41) is 0. The maximum absolute atomic E-state index is 5.10. The average molecular weight is 150 g/mol. The molecule has 1 aromatic heterocycles. The lowest BCUT2D eigenvalue weighted by Gasteiger charge is -1.98. The van der Waals surface area contributed by atoms with Crippen molar-refractivity contribution in [1.82, 2.24) is 9.97 Å². The molecule has 0 amide bonds. The summed E-state index contributed by atoms with van der Waals surface area (Å²) in [6.45, 7) is 2.86. The van der Waals surface area contributed by atoms with E-state index < -0.39 is 0 Å². The van der Waals surface area contributed by atoms with E-state index in [0.717, 1.165) is 24.4 Å². The van der Waals surface area contributed by atoms with Crippen LogP contribution in [0.25, 0.3) is 0 Å². The van der Waals surface area contributed by atoms with Gasteiger partial charge in [-0.1, -0.05) is 0 Å². The zero-order chi connectivity index (χ0) is 7.68. The van der Waals surface area contributed by atoms with Crippen LogP contribution >= 0.6 is 0 Å². The first-order chi connectivity index (χ1) is 5.36. The van der Waals surface area contributed by atoms with E-state index in [9.17, 15) is 0 Å². The molecular formula is C8H10N2O. The molecule has 0 aliphatic carbocycles. The predicted molar refractivity (Wildman–Crippen MR) is 40.2 cm³/mol. The van der Waals surface area contributed by atoms with Gasteiger partial charge in [0.25, 0.3) is 0 Å². The van der Waals surface area contributed by atoms with Crippen LogP contribution in [0, 0.1) is 6.92 Å². The van der Waals surface area contributed by atoms with Gasteiger partial charge in [-0.25, -0.2) is 0 Å². The van der Waals surface area contributed by atoms with Gasteiger partial charge in [0, 0.05) is 18.8 Å². The summed E-state index contributed by atoms with van der Waals surface area (Å²) in [5.74, 6) is 0. The van der Waals surface area contributed by atoms with E-state index in [1.54, 1.807) is 12.4 Å². The number of epoxide rings is 1. The van der Waals surface area contributed by atoms with Crippen LogP contribution in [0.2, 0.25) is 0 Å². The minimum absolute atomic E-state index is 0.408. The minimum atomic E-state index is 0.408. The molecule has 0 N–H and O–H groups in total. The van der Waals surface area contributed by atoms with Crippen molar-refractivity contribution < 1.29 is 4.74 Å². The van der Waals surface area contributed by atoms with Gasteiger partial charge >= 0.3 is 0 Å². The molecule has 3 nitrogen and oxygen atoms in total. The third kappa shape index (κ3) is 1.54. The number of rotatable bonds is 2. The highest BCUT2D eigenvalue weighted by Crippen LogP contribution is 2.15. The Kier molecular flexibility index (Phi) is 1.58. The molecule has 1 aromatic rings. The number of hydrogen-bond donors (Lipinski definition) is 0. The van der Waals surface area contributed by atoms with Gasteiger partial charge in [-0.2, -0.15) is 0 Å². The summed E-state index contributed by atoms with van der Waals surface area (Å²) in [7, 11) is 0. The van der Waals surface area contributed by atoms with Crippen molar-refractivity contribution in [1.29, 1.82) is 0 Å². The van der Waals surface area contributed by atoms with E-state index in [2.05, 4.69) is 9.97 Å². The van der Waals surface area contributed by atoms with Crippen LogP contribution in [0.5, 0.6) is 0 Å². The van der Waals surface area contributed by atoms with Gasteiger partial charge in [0.1, 0.15) is 0 Å². The summed E-state index contributed by atoms with van der Waals surface area (Å²) in [6, 6.07) is 0. The molecule has 0 bridgehead atoms. The molecule has 1 atom stereocenters. The lowest BCUT2D eigenvalue weighted by atomic mass is 10.2. The van der Waals surface area contributed by atoms with Crippen molar-refractivity contribution in [3.05, 3.63) is 23.8 Å². The van der Waals surface area contributed by atoms with Gasteiger partial charge in [0.05, 0.1) is 24.1 Å². The Labute approximate surface area is 65.4 Å². The van der Waals surface area contributed by atoms with Gasteiger partial charge in [-0.3, -0.25) is 9.97 Å². The molecule has 11 heavy (non-hydrogen) atoms. The van der Waals surface area contributed by atoms with Gasteiger partial charge in [0.2, 0.25) is 0 Å². The van der Waals surface area contributed by atoms with Crippen LogP contribution in [-0.4, -0.2) is 22.7 Å². The van der Waals surface area contributed by atoms with Crippen molar-refractivity contribution >= 4 is 0 Å². The first-order valence-electron chi connectivity index (χ1n) is 3.74. The Balaban J connectivity index is 2.15. The molecular weight excluding hydrogens is 140 g/mol. The van der Waals surface area contributed by atoms with Crippen molar-refractivity contribution in [3.8, 4) is 0 Å². The number of ether oxygens (including phenoxy) is 1. The van der Waals surface area contributed by atoms with Crippen LogP contribution in [0.3, 0.4) is 0 Å². The fourth-order valence-corrected chi connectivity index (χ4v) is 1.04. The van der Waals surface area contributed by atoms with Crippen molar-refractivity contribution in [2.75, 3.05) is 6.61 Å². The minimum Gasteiger partial charge on any atom is -0.373 e. The number of aromatic nitrogens is 2. The Hall–Kier alpha value is -0.960. The number of hydrogen-bond acceptors (Lipinski definition) is 3. The second kappa shape index (κ2) is 2.58. The summed E-state index contributed by atoms with van der Waals surface area (Å²) in [5.41, 5.74) is 2.08. The Morgan fingerprint density at radius 3 is 2.91 bits per heavy atom. The fraction of sp³-hybridized carbons (Fsp3) is 0.500. The molecule has 3 heteroatoms. The fourth-order valence-electron chi connectivity index (χ4n) is 1.04. The standard InChI is InChI=1S/C8H10N2O/c1-6-8(4-7-5-11-7)10-3-2-9-6/h2-3,7H,4-5H2,1H3. The lowest BCUT2D eigenvalue weighted by Crippen LogP contribution is -2.00. The van der Waals surface area contributed by atoms with E-state index in [0.29, 0.717) is 6.10 Å². The first-order valence-corrected chi connectivity index (χ1v) is 3.74. The maximum atomic E-state index is 5.10. The zero-order valence-corrected chi connectivity index (χ0v) is 6.45. The normalized spacial score (nSPS) is 21.7. The summed E-state index contributed by atoms with van der Waals surface area (Å²) in [4.78, 5) is 8.36. The Bertz CT molecular complexity index is 258. The maximum Gasteiger partial charge on any atom is 0.0865 e. The highest BCUT2D eigenvalue weighted by molar-refractivity contribution is 5.10. The molecule has 0 radical (unpaired) electrons. The molecule has 1 aliphatic heterocycles. The molecule has 2 heterocycles. The van der Waals surface area contributed by atoms with Gasteiger partial charge in [-0.05, 0) is 6.92 Å².